The zero-order valence-electron chi connectivity index (χ0n) is 14.1. The summed E-state index contributed by atoms with van der Waals surface area (Å²) >= 11 is 17.5. The van der Waals surface area contributed by atoms with Crippen molar-refractivity contribution in [1.82, 2.24) is 4.98 Å². The van der Waals surface area contributed by atoms with Gasteiger partial charge in [-0.3, -0.25) is 4.79 Å². The Balaban J connectivity index is 2.07. The van der Waals surface area contributed by atoms with Crippen LogP contribution in [0.15, 0.2) is 18.2 Å². The second-order valence-corrected chi connectivity index (χ2v) is 6.10. The zero-order valence-corrected chi connectivity index (χ0v) is 16.4. The lowest BCUT2D eigenvalue weighted by Crippen LogP contribution is -2.22. The Hall–Kier alpha value is -2.42. The molecule has 2 aromatic rings. The number of nitrogens with zero attached hydrogens (tertiary/aromatic N) is 1. The second kappa shape index (κ2) is 8.98. The van der Waals surface area contributed by atoms with Crippen molar-refractivity contribution in [3.05, 3.63) is 39.1 Å². The average Bonchev–Trinajstić information content (AvgIpc) is 2.67. The van der Waals surface area contributed by atoms with Gasteiger partial charge >= 0.3 is 5.97 Å². The summed E-state index contributed by atoms with van der Waals surface area (Å²) in [4.78, 5) is 27.9. The minimum Gasteiger partial charge on any atom is -0.497 e. The Labute approximate surface area is 169 Å². The van der Waals surface area contributed by atoms with E-state index in [9.17, 15) is 9.59 Å². The van der Waals surface area contributed by atoms with Gasteiger partial charge in [0.2, 0.25) is 0 Å². The normalized spacial score (nSPS) is 10.3. The number of carbonyl (C=O) groups excluding carboxylic acids is 2. The number of hydrogen-bond acceptors (Lipinski definition) is 7. The summed E-state index contributed by atoms with van der Waals surface area (Å²) in [6.45, 7) is -0.614. The molecule has 1 amide bonds. The van der Waals surface area contributed by atoms with Crippen molar-refractivity contribution in [2.45, 2.75) is 0 Å². The van der Waals surface area contributed by atoms with Crippen molar-refractivity contribution in [2.75, 3.05) is 31.9 Å². The van der Waals surface area contributed by atoms with Gasteiger partial charge in [0.25, 0.3) is 5.91 Å². The molecule has 0 spiro atoms. The Kier molecular flexibility index (Phi) is 6.95. The van der Waals surface area contributed by atoms with Crippen molar-refractivity contribution >= 4 is 58.1 Å². The van der Waals surface area contributed by atoms with E-state index in [0.29, 0.717) is 17.2 Å². The lowest BCUT2D eigenvalue weighted by molar-refractivity contribution is -0.119. The van der Waals surface area contributed by atoms with Gasteiger partial charge in [0.15, 0.2) is 17.5 Å². The number of nitrogen functional groups attached to an aromatic ring is 1. The first-order valence-corrected chi connectivity index (χ1v) is 8.40. The number of halogens is 3. The predicted octanol–water partition coefficient (Wildman–Crippen LogP) is 3.44. The molecule has 3 N–H and O–H groups in total. The van der Waals surface area contributed by atoms with E-state index in [1.807, 2.05) is 0 Å². The number of ether oxygens (including phenoxy) is 3. The first-order chi connectivity index (χ1) is 12.8. The van der Waals surface area contributed by atoms with Crippen molar-refractivity contribution in [2.24, 2.45) is 0 Å². The van der Waals surface area contributed by atoms with Crippen LogP contribution >= 0.6 is 34.8 Å². The fourth-order valence-electron chi connectivity index (χ4n) is 1.96. The highest BCUT2D eigenvalue weighted by Crippen LogP contribution is 2.34. The molecule has 0 aliphatic heterocycles. The number of esters is 1. The molecule has 11 heteroatoms. The number of carbonyl (C=O) groups is 2. The zero-order chi connectivity index (χ0) is 20.1. The molecule has 27 heavy (non-hydrogen) atoms. The highest BCUT2D eigenvalue weighted by Gasteiger charge is 2.22. The van der Waals surface area contributed by atoms with Crippen molar-refractivity contribution in [1.29, 1.82) is 0 Å². The molecular formula is C16H14Cl3N3O5. The van der Waals surface area contributed by atoms with Crippen LogP contribution < -0.4 is 20.5 Å². The Morgan fingerprint density at radius 2 is 1.85 bits per heavy atom. The molecule has 1 heterocycles. The minimum absolute atomic E-state index is 0.0823. The second-order valence-electron chi connectivity index (χ2n) is 4.98. The van der Waals surface area contributed by atoms with E-state index in [4.69, 9.17) is 54.7 Å². The van der Waals surface area contributed by atoms with Crippen LogP contribution in [0.2, 0.25) is 15.2 Å². The van der Waals surface area contributed by atoms with E-state index < -0.39 is 18.5 Å². The molecular weight excluding hydrogens is 421 g/mol. The van der Waals surface area contributed by atoms with E-state index in [1.54, 1.807) is 18.2 Å². The maximum atomic E-state index is 12.1. The number of methoxy groups -OCH3 is 2. The molecule has 144 valence electrons. The fraction of sp³-hybridized carbons (Fsp3) is 0.188. The smallest absolute Gasteiger partial charge is 0.359 e. The monoisotopic (exact) mass is 433 g/mol. The third-order valence-electron chi connectivity index (χ3n) is 3.28. The van der Waals surface area contributed by atoms with Gasteiger partial charge in [-0.25, -0.2) is 9.78 Å². The number of pyridine rings is 1. The van der Waals surface area contributed by atoms with Gasteiger partial charge in [-0.05, 0) is 12.1 Å². The van der Waals surface area contributed by atoms with Gasteiger partial charge in [0.1, 0.15) is 16.5 Å². The summed E-state index contributed by atoms with van der Waals surface area (Å²) in [5.74, 6) is -0.708. The third kappa shape index (κ3) is 4.85. The predicted molar refractivity (Wildman–Crippen MR) is 102 cm³/mol. The Morgan fingerprint density at radius 1 is 1.15 bits per heavy atom. The first kappa shape index (κ1) is 20.9. The first-order valence-electron chi connectivity index (χ1n) is 7.27. The van der Waals surface area contributed by atoms with Gasteiger partial charge in [0.05, 0.1) is 30.6 Å². The number of benzene rings is 1. The molecule has 1 aromatic carbocycles. The van der Waals surface area contributed by atoms with Crippen molar-refractivity contribution in [3.63, 3.8) is 0 Å². The average molecular weight is 435 g/mol. The van der Waals surface area contributed by atoms with E-state index in [0.717, 1.165) is 0 Å². The summed E-state index contributed by atoms with van der Waals surface area (Å²) in [5.41, 5.74) is 5.51. The number of hydrogen-bond donors (Lipinski definition) is 2. The lowest BCUT2D eigenvalue weighted by atomic mass is 10.2. The summed E-state index contributed by atoms with van der Waals surface area (Å²) in [6, 6.07) is 4.83. The standard InChI is InChI=1S/C16H14Cl3N3O5/c1-25-7-3-4-9(26-2)8(5-7)21-10(23)6-27-16(24)14-11(17)13(20)12(18)15(19)22-14/h3-5H,6H2,1-2H3,(H2,20,22)(H,21,23). The SMILES string of the molecule is COc1ccc(OC)c(NC(=O)COC(=O)c2nc(Cl)c(Cl)c(N)c2Cl)c1. The number of anilines is 2. The van der Waals surface area contributed by atoms with Gasteiger partial charge < -0.3 is 25.3 Å². The molecule has 0 unspecified atom stereocenters. The number of amides is 1. The number of aromatic nitrogens is 1. The molecule has 1 aromatic heterocycles. The van der Waals surface area contributed by atoms with Crippen LogP contribution in [0.3, 0.4) is 0 Å². The molecule has 2 rings (SSSR count). The Bertz CT molecular complexity index is 892. The highest BCUT2D eigenvalue weighted by atomic mass is 35.5. The summed E-state index contributed by atoms with van der Waals surface area (Å²) in [6.07, 6.45) is 0. The molecule has 0 saturated carbocycles. The van der Waals surface area contributed by atoms with Gasteiger partial charge in [-0.1, -0.05) is 34.8 Å². The van der Waals surface area contributed by atoms with Crippen LogP contribution in [0.1, 0.15) is 10.5 Å². The molecule has 0 radical (unpaired) electrons. The quantitative estimate of drug-likeness (QED) is 0.529. The minimum atomic E-state index is -0.988. The van der Waals surface area contributed by atoms with E-state index in [2.05, 4.69) is 10.3 Å². The number of rotatable bonds is 6. The van der Waals surface area contributed by atoms with Gasteiger partial charge in [-0.2, -0.15) is 0 Å². The molecule has 8 nitrogen and oxygen atoms in total. The van der Waals surface area contributed by atoms with Crippen LogP contribution in [0.5, 0.6) is 11.5 Å². The molecule has 0 saturated heterocycles. The van der Waals surface area contributed by atoms with E-state index in [-0.39, 0.29) is 26.6 Å². The van der Waals surface area contributed by atoms with Crippen molar-refractivity contribution < 1.29 is 23.8 Å². The maximum Gasteiger partial charge on any atom is 0.359 e. The summed E-state index contributed by atoms with van der Waals surface area (Å²) in [5, 5.41) is 2.03. The molecule has 0 fully saturated rings. The number of nitrogens with one attached hydrogen (secondary N) is 1. The molecule has 0 aliphatic carbocycles. The topological polar surface area (TPSA) is 113 Å². The Morgan fingerprint density at radius 3 is 2.48 bits per heavy atom. The third-order valence-corrected chi connectivity index (χ3v) is 4.42. The highest BCUT2D eigenvalue weighted by molar-refractivity contribution is 6.46. The van der Waals surface area contributed by atoms with Gasteiger partial charge in [0, 0.05) is 6.07 Å². The summed E-state index contributed by atoms with van der Waals surface area (Å²) in [7, 11) is 2.93. The van der Waals surface area contributed by atoms with Crippen LogP contribution in [0, 0.1) is 0 Å². The van der Waals surface area contributed by atoms with E-state index >= 15 is 0 Å². The molecule has 0 atom stereocenters. The van der Waals surface area contributed by atoms with Crippen LogP contribution in [0.25, 0.3) is 0 Å². The van der Waals surface area contributed by atoms with E-state index in [1.165, 1.54) is 14.2 Å². The largest absolute Gasteiger partial charge is 0.497 e. The van der Waals surface area contributed by atoms with Crippen LogP contribution in [-0.2, 0) is 9.53 Å². The number of nitrogens with two attached hydrogens (primary N) is 1. The molecule has 0 bridgehead atoms. The van der Waals surface area contributed by atoms with Gasteiger partial charge in [-0.15, -0.1) is 0 Å². The van der Waals surface area contributed by atoms with Crippen LogP contribution in [-0.4, -0.2) is 37.7 Å². The maximum absolute atomic E-state index is 12.1. The van der Waals surface area contributed by atoms with Crippen molar-refractivity contribution in [3.8, 4) is 11.5 Å². The van der Waals surface area contributed by atoms with Crippen LogP contribution in [0.4, 0.5) is 11.4 Å². The fourth-order valence-corrected chi connectivity index (χ4v) is 2.55. The lowest BCUT2D eigenvalue weighted by Gasteiger charge is -2.12. The summed E-state index contributed by atoms with van der Waals surface area (Å²) < 4.78 is 15.1. The molecule has 0 aliphatic rings.